The van der Waals surface area contributed by atoms with E-state index < -0.39 is 6.04 Å². The van der Waals surface area contributed by atoms with Crippen molar-refractivity contribution in [1.82, 2.24) is 4.90 Å². The Labute approximate surface area is 167 Å². The predicted octanol–water partition coefficient (Wildman–Crippen LogP) is 4.75. The summed E-state index contributed by atoms with van der Waals surface area (Å²) >= 11 is 0. The third kappa shape index (κ3) is 2.70. The summed E-state index contributed by atoms with van der Waals surface area (Å²) in [6.45, 7) is 4.17. The van der Waals surface area contributed by atoms with Gasteiger partial charge >= 0.3 is 0 Å². The highest BCUT2D eigenvalue weighted by Gasteiger charge is 2.43. The summed E-state index contributed by atoms with van der Waals surface area (Å²) in [6.07, 6.45) is 1.57. The van der Waals surface area contributed by atoms with Gasteiger partial charge in [-0.3, -0.25) is 9.59 Å². The van der Waals surface area contributed by atoms with Crippen LogP contribution in [0.1, 0.15) is 44.6 Å². The summed E-state index contributed by atoms with van der Waals surface area (Å²) in [7, 11) is 0. The molecule has 29 heavy (non-hydrogen) atoms. The number of benzene rings is 2. The van der Waals surface area contributed by atoms with Crippen molar-refractivity contribution in [1.29, 1.82) is 0 Å². The van der Waals surface area contributed by atoms with Crippen molar-refractivity contribution < 1.29 is 13.6 Å². The summed E-state index contributed by atoms with van der Waals surface area (Å²) in [6, 6.07) is 16.3. The van der Waals surface area contributed by atoms with Crippen LogP contribution < -0.4 is 5.43 Å². The molecule has 2 aromatic carbocycles. The minimum Gasteiger partial charge on any atom is -0.467 e. The lowest BCUT2D eigenvalue weighted by Crippen LogP contribution is -2.29. The zero-order valence-electron chi connectivity index (χ0n) is 16.1. The van der Waals surface area contributed by atoms with Crippen LogP contribution in [0.25, 0.3) is 11.0 Å². The molecule has 1 amide bonds. The predicted molar refractivity (Wildman–Crippen MR) is 109 cm³/mol. The third-order valence-corrected chi connectivity index (χ3v) is 5.60. The number of nitrogens with zero attached hydrogens (tertiary/aromatic N) is 1. The second-order valence-corrected chi connectivity index (χ2v) is 7.43. The Morgan fingerprint density at radius 2 is 1.72 bits per heavy atom. The first-order valence-electron chi connectivity index (χ1n) is 9.51. The van der Waals surface area contributed by atoms with Gasteiger partial charge in [-0.15, -0.1) is 0 Å². The molecule has 0 unspecified atom stereocenters. The highest BCUT2D eigenvalue weighted by molar-refractivity contribution is 5.99. The molecule has 144 valence electrons. The molecule has 0 aliphatic carbocycles. The van der Waals surface area contributed by atoms with Gasteiger partial charge in [0, 0.05) is 0 Å². The lowest BCUT2D eigenvalue weighted by molar-refractivity contribution is 0.0701. The number of amides is 1. The number of fused-ring (bicyclic) bond motifs is 2. The van der Waals surface area contributed by atoms with Gasteiger partial charge in [0.1, 0.15) is 11.3 Å². The second kappa shape index (κ2) is 6.48. The first-order valence-corrected chi connectivity index (χ1v) is 9.51. The van der Waals surface area contributed by atoms with E-state index in [0.29, 0.717) is 22.3 Å². The van der Waals surface area contributed by atoms with Crippen molar-refractivity contribution in [2.75, 3.05) is 0 Å². The summed E-state index contributed by atoms with van der Waals surface area (Å²) in [5.74, 6) is 0.462. The molecular weight excluding hydrogens is 366 g/mol. The molecule has 5 nitrogen and oxygen atoms in total. The largest absolute Gasteiger partial charge is 0.467 e. The van der Waals surface area contributed by atoms with E-state index in [9.17, 15) is 9.59 Å². The van der Waals surface area contributed by atoms with Gasteiger partial charge in [-0.25, -0.2) is 0 Å². The van der Waals surface area contributed by atoms with Crippen LogP contribution in [0, 0.1) is 13.8 Å². The zero-order chi connectivity index (χ0) is 20.1. The molecule has 0 spiro atoms. The van der Waals surface area contributed by atoms with Crippen molar-refractivity contribution in [2.24, 2.45) is 0 Å². The Bertz CT molecular complexity index is 1290. The Morgan fingerprint density at radius 1 is 0.966 bits per heavy atom. The minimum atomic E-state index is -0.522. The van der Waals surface area contributed by atoms with Crippen molar-refractivity contribution >= 4 is 16.9 Å². The topological polar surface area (TPSA) is 63.7 Å². The molecule has 1 aliphatic heterocycles. The summed E-state index contributed by atoms with van der Waals surface area (Å²) < 4.78 is 11.5. The highest BCUT2D eigenvalue weighted by atomic mass is 16.3. The molecule has 5 rings (SSSR count). The Kier molecular flexibility index (Phi) is 3.91. The molecular formula is C24H19NO4. The average Bonchev–Trinajstić information content (AvgIpc) is 3.32. The standard InChI is InChI=1S/C24H19NO4/c1-14-11-18-19(12-15(14)2)29-23-20(22(18)26)21(16-7-4-3-5-8-16)25(24(23)27)13-17-9-6-10-28-17/h3-12,21H,13H2,1-2H3/t21-/m1/s1. The lowest BCUT2D eigenvalue weighted by atomic mass is 9.97. The molecule has 2 aromatic heterocycles. The molecule has 0 N–H and O–H groups in total. The van der Waals surface area contributed by atoms with Crippen LogP contribution in [0.3, 0.4) is 0 Å². The fourth-order valence-electron chi connectivity index (χ4n) is 3.99. The maximum atomic E-state index is 13.5. The van der Waals surface area contributed by atoms with E-state index in [1.807, 2.05) is 62.4 Å². The van der Waals surface area contributed by atoms with Gasteiger partial charge in [0.05, 0.1) is 29.8 Å². The highest BCUT2D eigenvalue weighted by Crippen LogP contribution is 2.39. The van der Waals surface area contributed by atoms with Gasteiger partial charge in [-0.1, -0.05) is 30.3 Å². The number of carbonyl (C=O) groups is 1. The van der Waals surface area contributed by atoms with Crippen molar-refractivity contribution in [3.63, 3.8) is 0 Å². The third-order valence-electron chi connectivity index (χ3n) is 5.60. The van der Waals surface area contributed by atoms with Crippen molar-refractivity contribution in [3.05, 3.63) is 105 Å². The monoisotopic (exact) mass is 385 g/mol. The van der Waals surface area contributed by atoms with Crippen LogP contribution in [0.5, 0.6) is 0 Å². The normalized spacial score (nSPS) is 15.9. The van der Waals surface area contributed by atoms with Crippen LogP contribution in [0.4, 0.5) is 0 Å². The van der Waals surface area contributed by atoms with Crippen LogP contribution in [-0.4, -0.2) is 10.8 Å². The van der Waals surface area contributed by atoms with Crippen LogP contribution in [0.15, 0.2) is 74.5 Å². The summed E-state index contributed by atoms with van der Waals surface area (Å²) in [4.78, 5) is 28.4. The molecule has 0 bridgehead atoms. The van der Waals surface area contributed by atoms with Gasteiger partial charge in [0.15, 0.2) is 5.43 Å². The lowest BCUT2D eigenvalue weighted by Gasteiger charge is -2.24. The quantitative estimate of drug-likeness (QED) is 0.511. The van der Waals surface area contributed by atoms with E-state index in [2.05, 4.69) is 0 Å². The van der Waals surface area contributed by atoms with Crippen molar-refractivity contribution in [3.8, 4) is 0 Å². The molecule has 4 aromatic rings. The molecule has 0 saturated carbocycles. The van der Waals surface area contributed by atoms with Gasteiger partial charge in [-0.05, 0) is 54.8 Å². The summed E-state index contributed by atoms with van der Waals surface area (Å²) in [5.41, 5.74) is 3.56. The fourth-order valence-corrected chi connectivity index (χ4v) is 3.99. The van der Waals surface area contributed by atoms with Crippen molar-refractivity contribution in [2.45, 2.75) is 26.4 Å². The zero-order valence-corrected chi connectivity index (χ0v) is 16.1. The molecule has 1 atom stereocenters. The average molecular weight is 385 g/mol. The summed E-state index contributed by atoms with van der Waals surface area (Å²) in [5, 5.41) is 0.500. The number of hydrogen-bond donors (Lipinski definition) is 0. The number of carbonyl (C=O) groups excluding carboxylic acids is 1. The molecule has 1 aliphatic rings. The van der Waals surface area contributed by atoms with E-state index in [-0.39, 0.29) is 23.6 Å². The molecule has 0 radical (unpaired) electrons. The van der Waals surface area contributed by atoms with Gasteiger partial charge in [0.25, 0.3) is 5.91 Å². The van der Waals surface area contributed by atoms with E-state index in [0.717, 1.165) is 16.7 Å². The van der Waals surface area contributed by atoms with Crippen LogP contribution in [0.2, 0.25) is 0 Å². The number of aryl methyl sites for hydroxylation is 2. The second-order valence-electron chi connectivity index (χ2n) is 7.43. The number of furan rings is 1. The SMILES string of the molecule is Cc1cc2oc3c(c(=O)c2cc1C)[C@@H](c1ccccc1)N(Cc1ccco1)C3=O. The molecule has 5 heteroatoms. The molecule has 0 saturated heterocycles. The fraction of sp³-hybridized carbons (Fsp3) is 0.167. The Balaban J connectivity index is 1.77. The van der Waals surface area contributed by atoms with Gasteiger partial charge < -0.3 is 13.7 Å². The molecule has 3 heterocycles. The van der Waals surface area contributed by atoms with Crippen LogP contribution >= 0.6 is 0 Å². The minimum absolute atomic E-state index is 0.117. The maximum Gasteiger partial charge on any atom is 0.291 e. The number of hydrogen-bond acceptors (Lipinski definition) is 4. The Morgan fingerprint density at radius 3 is 2.45 bits per heavy atom. The van der Waals surface area contributed by atoms with E-state index in [4.69, 9.17) is 8.83 Å². The Hall–Kier alpha value is -3.60. The maximum absolute atomic E-state index is 13.5. The van der Waals surface area contributed by atoms with E-state index in [1.165, 1.54) is 0 Å². The first kappa shape index (κ1) is 17.5. The molecule has 0 fully saturated rings. The van der Waals surface area contributed by atoms with Gasteiger partial charge in [0.2, 0.25) is 5.76 Å². The van der Waals surface area contributed by atoms with Gasteiger partial charge in [-0.2, -0.15) is 0 Å². The number of rotatable bonds is 3. The van der Waals surface area contributed by atoms with E-state index >= 15 is 0 Å². The first-order chi connectivity index (χ1) is 14.0. The smallest absolute Gasteiger partial charge is 0.291 e. The van der Waals surface area contributed by atoms with Crippen LogP contribution in [-0.2, 0) is 6.54 Å². The van der Waals surface area contributed by atoms with E-state index in [1.54, 1.807) is 17.2 Å².